The number of carbonyl (C=O) groups excluding carboxylic acids is 1. The lowest BCUT2D eigenvalue weighted by Gasteiger charge is -2.34. The van der Waals surface area contributed by atoms with E-state index >= 15 is 0 Å². The molecule has 3 rings (SSSR count). The SMILES string of the molecule is CC(=O)Nc1cn[nH]c1[C@@H]1CCCN(c2cccc(F)c2C#N)C1. The molecule has 1 fully saturated rings. The minimum absolute atomic E-state index is 0.0739. The number of benzene rings is 1. The lowest BCUT2D eigenvalue weighted by molar-refractivity contribution is -0.114. The molecule has 1 aromatic carbocycles. The summed E-state index contributed by atoms with van der Waals surface area (Å²) in [4.78, 5) is 13.3. The van der Waals surface area contributed by atoms with Gasteiger partial charge in [-0.05, 0) is 25.0 Å². The fourth-order valence-corrected chi connectivity index (χ4v) is 3.22. The Labute approximate surface area is 139 Å². The number of hydrogen-bond acceptors (Lipinski definition) is 4. The second kappa shape index (κ2) is 6.71. The van der Waals surface area contributed by atoms with Gasteiger partial charge in [-0.25, -0.2) is 4.39 Å². The highest BCUT2D eigenvalue weighted by molar-refractivity contribution is 5.89. The van der Waals surface area contributed by atoms with Crippen molar-refractivity contribution >= 4 is 17.3 Å². The Hall–Kier alpha value is -2.88. The molecular weight excluding hydrogens is 309 g/mol. The van der Waals surface area contributed by atoms with Crippen LogP contribution in [0.1, 0.15) is 36.9 Å². The lowest BCUT2D eigenvalue weighted by atomic mass is 9.93. The summed E-state index contributed by atoms with van der Waals surface area (Å²) in [6.07, 6.45) is 3.44. The molecule has 1 atom stereocenters. The third-order valence-electron chi connectivity index (χ3n) is 4.25. The molecule has 0 unspecified atom stereocenters. The predicted molar refractivity (Wildman–Crippen MR) is 88.2 cm³/mol. The van der Waals surface area contributed by atoms with Crippen molar-refractivity contribution in [2.24, 2.45) is 0 Å². The Kier molecular flexibility index (Phi) is 4.47. The summed E-state index contributed by atoms with van der Waals surface area (Å²) >= 11 is 0. The van der Waals surface area contributed by atoms with Crippen LogP contribution in [0.25, 0.3) is 0 Å². The Morgan fingerprint density at radius 2 is 2.38 bits per heavy atom. The van der Waals surface area contributed by atoms with E-state index in [0.29, 0.717) is 17.9 Å². The summed E-state index contributed by atoms with van der Waals surface area (Å²) in [6, 6.07) is 6.64. The number of aromatic amines is 1. The molecular formula is C17H18FN5O. The number of hydrogen-bond donors (Lipinski definition) is 2. The van der Waals surface area contributed by atoms with Crippen molar-refractivity contribution in [1.82, 2.24) is 10.2 Å². The number of amides is 1. The molecule has 6 nitrogen and oxygen atoms in total. The minimum Gasteiger partial charge on any atom is -0.370 e. The van der Waals surface area contributed by atoms with Gasteiger partial charge in [-0.15, -0.1) is 0 Å². The highest BCUT2D eigenvalue weighted by Gasteiger charge is 2.27. The molecule has 2 aromatic rings. The van der Waals surface area contributed by atoms with E-state index in [4.69, 9.17) is 0 Å². The molecule has 0 saturated carbocycles. The van der Waals surface area contributed by atoms with Crippen LogP contribution in [0.3, 0.4) is 0 Å². The van der Waals surface area contributed by atoms with Crippen molar-refractivity contribution in [1.29, 1.82) is 5.26 Å². The van der Waals surface area contributed by atoms with E-state index in [9.17, 15) is 14.4 Å². The molecule has 124 valence electrons. The smallest absolute Gasteiger partial charge is 0.221 e. The van der Waals surface area contributed by atoms with E-state index in [0.717, 1.165) is 25.1 Å². The first-order chi connectivity index (χ1) is 11.6. The van der Waals surface area contributed by atoms with Gasteiger partial charge in [-0.3, -0.25) is 9.89 Å². The number of carbonyl (C=O) groups is 1. The van der Waals surface area contributed by atoms with Crippen molar-refractivity contribution in [2.75, 3.05) is 23.3 Å². The van der Waals surface area contributed by atoms with E-state index in [2.05, 4.69) is 15.5 Å². The van der Waals surface area contributed by atoms with Gasteiger partial charge in [0.15, 0.2) is 0 Å². The zero-order valence-electron chi connectivity index (χ0n) is 13.3. The van der Waals surface area contributed by atoms with Gasteiger partial charge in [-0.1, -0.05) is 6.07 Å². The molecule has 2 N–H and O–H groups in total. The van der Waals surface area contributed by atoms with Crippen LogP contribution in [0.2, 0.25) is 0 Å². The molecule has 1 saturated heterocycles. The molecule has 0 bridgehead atoms. The van der Waals surface area contributed by atoms with Crippen molar-refractivity contribution in [3.05, 3.63) is 41.5 Å². The molecule has 0 aliphatic carbocycles. The molecule has 0 radical (unpaired) electrons. The number of anilines is 2. The number of rotatable bonds is 3. The van der Waals surface area contributed by atoms with E-state index in [1.165, 1.54) is 13.0 Å². The van der Waals surface area contributed by atoms with Gasteiger partial charge in [0.1, 0.15) is 17.4 Å². The molecule has 1 aromatic heterocycles. The number of nitrogens with zero attached hydrogens (tertiary/aromatic N) is 3. The number of nitrogens with one attached hydrogen (secondary N) is 2. The van der Waals surface area contributed by atoms with Gasteiger partial charge < -0.3 is 10.2 Å². The fraction of sp³-hybridized carbons (Fsp3) is 0.353. The first-order valence-corrected chi connectivity index (χ1v) is 7.84. The lowest BCUT2D eigenvalue weighted by Crippen LogP contribution is -2.35. The average molecular weight is 327 g/mol. The summed E-state index contributed by atoms with van der Waals surface area (Å²) in [7, 11) is 0. The van der Waals surface area contributed by atoms with Gasteiger partial charge in [-0.2, -0.15) is 10.4 Å². The zero-order chi connectivity index (χ0) is 17.1. The maximum atomic E-state index is 13.9. The monoisotopic (exact) mass is 327 g/mol. The average Bonchev–Trinajstić information content (AvgIpc) is 3.02. The molecule has 24 heavy (non-hydrogen) atoms. The number of halogens is 1. The number of piperidine rings is 1. The van der Waals surface area contributed by atoms with Crippen molar-refractivity contribution in [2.45, 2.75) is 25.7 Å². The first kappa shape index (κ1) is 16.0. The summed E-state index contributed by atoms with van der Waals surface area (Å²) in [5, 5.41) is 19.0. The summed E-state index contributed by atoms with van der Waals surface area (Å²) < 4.78 is 13.9. The molecule has 1 aliphatic heterocycles. The van der Waals surface area contributed by atoms with Crippen LogP contribution in [-0.4, -0.2) is 29.2 Å². The zero-order valence-corrected chi connectivity index (χ0v) is 13.3. The van der Waals surface area contributed by atoms with Crippen molar-refractivity contribution in [3.8, 4) is 6.07 Å². The number of aromatic nitrogens is 2. The Balaban J connectivity index is 1.86. The van der Waals surface area contributed by atoms with E-state index in [1.807, 2.05) is 11.0 Å². The number of H-pyrrole nitrogens is 1. The van der Waals surface area contributed by atoms with Crippen LogP contribution in [0.15, 0.2) is 24.4 Å². The maximum absolute atomic E-state index is 13.9. The number of nitriles is 1. The summed E-state index contributed by atoms with van der Waals surface area (Å²) in [5.74, 6) is -0.530. The van der Waals surface area contributed by atoms with Crippen LogP contribution >= 0.6 is 0 Å². The second-order valence-corrected chi connectivity index (χ2v) is 5.91. The third-order valence-corrected chi connectivity index (χ3v) is 4.25. The van der Waals surface area contributed by atoms with Gasteiger partial charge in [0, 0.05) is 25.9 Å². The van der Waals surface area contributed by atoms with E-state index in [-0.39, 0.29) is 17.4 Å². The van der Waals surface area contributed by atoms with Crippen molar-refractivity contribution in [3.63, 3.8) is 0 Å². The quantitative estimate of drug-likeness (QED) is 0.908. The first-order valence-electron chi connectivity index (χ1n) is 7.84. The molecule has 1 aliphatic rings. The van der Waals surface area contributed by atoms with Gasteiger partial charge in [0.05, 0.1) is 23.3 Å². The van der Waals surface area contributed by atoms with Crippen molar-refractivity contribution < 1.29 is 9.18 Å². The Morgan fingerprint density at radius 3 is 3.12 bits per heavy atom. The molecule has 0 spiro atoms. The van der Waals surface area contributed by atoms with Crippen LogP contribution in [0.5, 0.6) is 0 Å². The van der Waals surface area contributed by atoms with Crippen LogP contribution < -0.4 is 10.2 Å². The normalized spacial score (nSPS) is 17.4. The fourth-order valence-electron chi connectivity index (χ4n) is 3.22. The molecule has 7 heteroatoms. The third kappa shape index (κ3) is 3.08. The van der Waals surface area contributed by atoms with Gasteiger partial charge in [0.25, 0.3) is 0 Å². The van der Waals surface area contributed by atoms with Gasteiger partial charge in [0.2, 0.25) is 5.91 Å². The van der Waals surface area contributed by atoms with Crippen LogP contribution in [0.4, 0.5) is 15.8 Å². The highest BCUT2D eigenvalue weighted by Crippen LogP contribution is 2.34. The standard InChI is InChI=1S/C17H18FN5O/c1-11(24)21-15-9-20-22-17(15)12-4-3-7-23(10-12)16-6-2-5-14(18)13(16)8-19/h2,5-6,9,12H,3-4,7,10H2,1H3,(H,20,22)(H,21,24)/t12-/m1/s1. The van der Waals surface area contributed by atoms with E-state index < -0.39 is 5.82 Å². The van der Waals surface area contributed by atoms with E-state index in [1.54, 1.807) is 18.3 Å². The summed E-state index contributed by atoms with van der Waals surface area (Å²) in [6.45, 7) is 2.85. The second-order valence-electron chi connectivity index (χ2n) is 5.91. The van der Waals surface area contributed by atoms with Gasteiger partial charge >= 0.3 is 0 Å². The van der Waals surface area contributed by atoms with Crippen LogP contribution in [-0.2, 0) is 4.79 Å². The largest absolute Gasteiger partial charge is 0.370 e. The minimum atomic E-state index is -0.502. The topological polar surface area (TPSA) is 84.8 Å². The Bertz CT molecular complexity index is 795. The van der Waals surface area contributed by atoms with Crippen LogP contribution in [0, 0.1) is 17.1 Å². The predicted octanol–water partition coefficient (Wildman–Crippen LogP) is 2.76. The Morgan fingerprint density at radius 1 is 1.54 bits per heavy atom. The molecule has 1 amide bonds. The maximum Gasteiger partial charge on any atom is 0.221 e. The highest BCUT2D eigenvalue weighted by atomic mass is 19.1. The summed E-state index contributed by atoms with van der Waals surface area (Å²) in [5.41, 5.74) is 2.23. The molecule has 2 heterocycles.